The lowest BCUT2D eigenvalue weighted by molar-refractivity contribution is -0.139. The highest BCUT2D eigenvalue weighted by atomic mass is 16.5. The zero-order valence-corrected chi connectivity index (χ0v) is 13.1. The molecule has 3 heterocycles. The minimum Gasteiger partial charge on any atom is -0.378 e. The van der Waals surface area contributed by atoms with Crippen molar-refractivity contribution >= 4 is 17.5 Å². The van der Waals surface area contributed by atoms with Crippen molar-refractivity contribution in [2.75, 3.05) is 44.3 Å². The highest BCUT2D eigenvalue weighted by Gasteiger charge is 2.30. The number of primary amides is 1. The van der Waals surface area contributed by atoms with Crippen molar-refractivity contribution in [2.24, 2.45) is 11.7 Å². The van der Waals surface area contributed by atoms with Gasteiger partial charge in [-0.2, -0.15) is 0 Å². The molecule has 2 aliphatic heterocycles. The number of amides is 2. The van der Waals surface area contributed by atoms with Crippen LogP contribution in [0.2, 0.25) is 0 Å². The van der Waals surface area contributed by atoms with Gasteiger partial charge in [0.2, 0.25) is 5.91 Å². The first-order valence-electron chi connectivity index (χ1n) is 8.02. The van der Waals surface area contributed by atoms with Crippen molar-refractivity contribution < 1.29 is 14.3 Å². The SMILES string of the molecule is NC(=O)c1cc(N2CCC[C@H](C(=O)N3CCOCC3)C2)ccn1. The van der Waals surface area contributed by atoms with Crippen LogP contribution in [0.15, 0.2) is 18.3 Å². The number of nitrogens with two attached hydrogens (primary N) is 1. The number of morpholine rings is 1. The summed E-state index contributed by atoms with van der Waals surface area (Å²) in [6.07, 6.45) is 3.44. The van der Waals surface area contributed by atoms with E-state index in [1.165, 1.54) is 0 Å². The molecule has 7 heteroatoms. The Hall–Kier alpha value is -2.15. The molecule has 2 fully saturated rings. The van der Waals surface area contributed by atoms with Gasteiger partial charge in [0.25, 0.3) is 5.91 Å². The number of nitrogens with zero attached hydrogens (tertiary/aromatic N) is 3. The standard InChI is InChI=1S/C16H22N4O3/c17-15(21)14-10-13(3-4-18-14)20-5-1-2-12(11-20)16(22)19-6-8-23-9-7-19/h3-4,10,12H,1-2,5-9,11H2,(H2,17,21)/t12-/m0/s1. The molecule has 3 rings (SSSR count). The molecule has 2 N–H and O–H groups in total. The summed E-state index contributed by atoms with van der Waals surface area (Å²) in [4.78, 5) is 32.0. The van der Waals surface area contributed by atoms with E-state index in [0.717, 1.165) is 25.1 Å². The third kappa shape index (κ3) is 3.61. The van der Waals surface area contributed by atoms with Crippen LogP contribution in [0.25, 0.3) is 0 Å². The van der Waals surface area contributed by atoms with Crippen LogP contribution in [0.4, 0.5) is 5.69 Å². The quantitative estimate of drug-likeness (QED) is 0.863. The average molecular weight is 318 g/mol. The van der Waals surface area contributed by atoms with Gasteiger partial charge in [-0.1, -0.05) is 0 Å². The Kier molecular flexibility index (Phi) is 4.76. The first-order valence-corrected chi connectivity index (χ1v) is 8.02. The van der Waals surface area contributed by atoms with Gasteiger partial charge in [-0.25, -0.2) is 0 Å². The second-order valence-electron chi connectivity index (χ2n) is 5.99. The van der Waals surface area contributed by atoms with Crippen molar-refractivity contribution in [3.8, 4) is 0 Å². The second-order valence-corrected chi connectivity index (χ2v) is 5.99. The Bertz CT molecular complexity index is 586. The highest BCUT2D eigenvalue weighted by Crippen LogP contribution is 2.25. The van der Waals surface area contributed by atoms with Crippen molar-refractivity contribution in [2.45, 2.75) is 12.8 Å². The van der Waals surface area contributed by atoms with Crippen LogP contribution < -0.4 is 10.6 Å². The molecular weight excluding hydrogens is 296 g/mol. The molecular formula is C16H22N4O3. The summed E-state index contributed by atoms with van der Waals surface area (Å²) in [5.74, 6) is -0.334. The van der Waals surface area contributed by atoms with E-state index in [0.29, 0.717) is 32.8 Å². The molecule has 23 heavy (non-hydrogen) atoms. The Morgan fingerprint density at radius 2 is 2.04 bits per heavy atom. The monoisotopic (exact) mass is 318 g/mol. The van der Waals surface area contributed by atoms with Gasteiger partial charge in [0.1, 0.15) is 5.69 Å². The van der Waals surface area contributed by atoms with E-state index >= 15 is 0 Å². The number of ether oxygens (including phenoxy) is 1. The molecule has 2 saturated heterocycles. The van der Waals surface area contributed by atoms with Gasteiger partial charge >= 0.3 is 0 Å². The molecule has 0 radical (unpaired) electrons. The number of piperidine rings is 1. The predicted molar refractivity (Wildman–Crippen MR) is 85.1 cm³/mol. The fraction of sp³-hybridized carbons (Fsp3) is 0.562. The molecule has 1 aromatic heterocycles. The molecule has 1 atom stereocenters. The third-order valence-electron chi connectivity index (χ3n) is 4.45. The third-order valence-corrected chi connectivity index (χ3v) is 4.45. The predicted octanol–water partition coefficient (Wildman–Crippen LogP) is 0.256. The van der Waals surface area contributed by atoms with Crippen molar-refractivity contribution in [3.63, 3.8) is 0 Å². The van der Waals surface area contributed by atoms with Crippen LogP contribution in [0.1, 0.15) is 23.3 Å². The lowest BCUT2D eigenvalue weighted by atomic mass is 9.96. The summed E-state index contributed by atoms with van der Waals surface area (Å²) in [7, 11) is 0. The number of anilines is 1. The number of carbonyl (C=O) groups excluding carboxylic acids is 2. The molecule has 1 aromatic rings. The molecule has 0 saturated carbocycles. The van der Waals surface area contributed by atoms with Gasteiger partial charge in [-0.3, -0.25) is 14.6 Å². The molecule has 7 nitrogen and oxygen atoms in total. The van der Waals surface area contributed by atoms with Crippen LogP contribution in [-0.4, -0.2) is 61.1 Å². The Morgan fingerprint density at radius 3 is 2.78 bits per heavy atom. The van der Waals surface area contributed by atoms with E-state index < -0.39 is 5.91 Å². The normalized spacial score (nSPS) is 22.0. The molecule has 0 unspecified atom stereocenters. The molecule has 124 valence electrons. The maximum absolute atomic E-state index is 12.7. The Morgan fingerprint density at radius 1 is 1.26 bits per heavy atom. The van der Waals surface area contributed by atoms with Crippen molar-refractivity contribution in [3.05, 3.63) is 24.0 Å². The number of hydrogen-bond donors (Lipinski definition) is 1. The van der Waals surface area contributed by atoms with Gasteiger partial charge in [0.05, 0.1) is 19.1 Å². The van der Waals surface area contributed by atoms with Crippen LogP contribution in [0, 0.1) is 5.92 Å². The van der Waals surface area contributed by atoms with Crippen molar-refractivity contribution in [1.82, 2.24) is 9.88 Å². The highest BCUT2D eigenvalue weighted by molar-refractivity contribution is 5.91. The summed E-state index contributed by atoms with van der Waals surface area (Å²) in [5.41, 5.74) is 6.44. The van der Waals surface area contributed by atoms with Gasteiger partial charge in [0.15, 0.2) is 0 Å². The second kappa shape index (κ2) is 6.95. The van der Waals surface area contributed by atoms with Gasteiger partial charge in [-0.15, -0.1) is 0 Å². The summed E-state index contributed by atoms with van der Waals surface area (Å²) in [5, 5.41) is 0. The molecule has 0 aliphatic carbocycles. The molecule has 0 aromatic carbocycles. The maximum atomic E-state index is 12.7. The Labute approximate surface area is 135 Å². The van der Waals surface area contributed by atoms with Crippen LogP contribution >= 0.6 is 0 Å². The van der Waals surface area contributed by atoms with E-state index in [9.17, 15) is 9.59 Å². The molecule has 2 amide bonds. The lowest BCUT2D eigenvalue weighted by Crippen LogP contribution is -2.48. The molecule has 0 spiro atoms. The minimum atomic E-state index is -0.537. The molecule has 0 bridgehead atoms. The zero-order valence-electron chi connectivity index (χ0n) is 13.1. The Balaban J connectivity index is 1.69. The topological polar surface area (TPSA) is 88.8 Å². The first kappa shape index (κ1) is 15.7. The maximum Gasteiger partial charge on any atom is 0.267 e. The number of aromatic nitrogens is 1. The van der Waals surface area contributed by atoms with Gasteiger partial charge in [0, 0.05) is 38.1 Å². The van der Waals surface area contributed by atoms with Crippen LogP contribution in [-0.2, 0) is 9.53 Å². The van der Waals surface area contributed by atoms with Crippen LogP contribution in [0.3, 0.4) is 0 Å². The number of rotatable bonds is 3. The van der Waals surface area contributed by atoms with E-state index in [4.69, 9.17) is 10.5 Å². The minimum absolute atomic E-state index is 0.00737. The fourth-order valence-electron chi connectivity index (χ4n) is 3.21. The van der Waals surface area contributed by atoms with E-state index in [2.05, 4.69) is 9.88 Å². The van der Waals surface area contributed by atoms with Gasteiger partial charge < -0.3 is 20.3 Å². The first-order chi connectivity index (χ1) is 11.1. The van der Waals surface area contributed by atoms with Gasteiger partial charge in [-0.05, 0) is 25.0 Å². The van der Waals surface area contributed by atoms with E-state index in [-0.39, 0.29) is 17.5 Å². The summed E-state index contributed by atoms with van der Waals surface area (Å²) < 4.78 is 5.31. The van der Waals surface area contributed by atoms with Crippen LogP contribution in [0.5, 0.6) is 0 Å². The summed E-state index contributed by atoms with van der Waals surface area (Å²) in [6, 6.07) is 3.55. The number of carbonyl (C=O) groups is 2. The average Bonchev–Trinajstić information content (AvgIpc) is 2.62. The summed E-state index contributed by atoms with van der Waals surface area (Å²) in [6.45, 7) is 4.13. The van der Waals surface area contributed by atoms with E-state index in [1.54, 1.807) is 12.3 Å². The summed E-state index contributed by atoms with van der Waals surface area (Å²) >= 11 is 0. The number of pyridine rings is 1. The lowest BCUT2D eigenvalue weighted by Gasteiger charge is -2.37. The zero-order chi connectivity index (χ0) is 16.2. The largest absolute Gasteiger partial charge is 0.378 e. The molecule has 2 aliphatic rings. The van der Waals surface area contributed by atoms with Crippen molar-refractivity contribution in [1.29, 1.82) is 0 Å². The fourth-order valence-corrected chi connectivity index (χ4v) is 3.21. The van der Waals surface area contributed by atoms with E-state index in [1.807, 2.05) is 11.0 Å². The number of hydrogen-bond acceptors (Lipinski definition) is 5. The smallest absolute Gasteiger partial charge is 0.267 e.